The molecule has 0 fully saturated rings. The van der Waals surface area contributed by atoms with Crippen molar-refractivity contribution in [3.05, 3.63) is 59.4 Å². The van der Waals surface area contributed by atoms with Gasteiger partial charge in [0.15, 0.2) is 0 Å². The Morgan fingerprint density at radius 1 is 1.17 bits per heavy atom. The van der Waals surface area contributed by atoms with E-state index >= 15 is 0 Å². The van der Waals surface area contributed by atoms with Crippen molar-refractivity contribution in [3.8, 4) is 11.8 Å². The standard InChI is InChI=1S/C14H13N3O/c15-8-14-12(2-1-7-17-14)10-16-9-11-3-5-13(18)6-4-11/h1-7,16,18H,9-10H2. The summed E-state index contributed by atoms with van der Waals surface area (Å²) in [5, 5.41) is 21.3. The second-order valence-electron chi connectivity index (χ2n) is 3.89. The van der Waals surface area contributed by atoms with Gasteiger partial charge >= 0.3 is 0 Å². The number of rotatable bonds is 4. The highest BCUT2D eigenvalue weighted by atomic mass is 16.3. The molecule has 4 nitrogen and oxygen atoms in total. The van der Waals surface area contributed by atoms with Crippen LogP contribution in [0.5, 0.6) is 5.75 Å². The predicted molar refractivity (Wildman–Crippen MR) is 67.6 cm³/mol. The number of nitriles is 1. The van der Waals surface area contributed by atoms with Crippen LogP contribution < -0.4 is 5.32 Å². The molecular weight excluding hydrogens is 226 g/mol. The van der Waals surface area contributed by atoms with Crippen LogP contribution in [0.15, 0.2) is 42.6 Å². The summed E-state index contributed by atoms with van der Waals surface area (Å²) in [5.41, 5.74) is 2.42. The molecule has 4 heteroatoms. The third kappa shape index (κ3) is 3.06. The molecule has 1 aromatic heterocycles. The Hall–Kier alpha value is -2.38. The third-order valence-electron chi connectivity index (χ3n) is 2.58. The largest absolute Gasteiger partial charge is 0.508 e. The summed E-state index contributed by atoms with van der Waals surface area (Å²) < 4.78 is 0. The Bertz CT molecular complexity index is 558. The zero-order valence-corrected chi connectivity index (χ0v) is 9.80. The molecule has 0 atom stereocenters. The fourth-order valence-corrected chi connectivity index (χ4v) is 1.64. The SMILES string of the molecule is N#Cc1ncccc1CNCc1ccc(O)cc1. The number of nitrogens with zero attached hydrogens (tertiary/aromatic N) is 2. The van der Waals surface area contributed by atoms with Crippen LogP contribution in [0.4, 0.5) is 0 Å². The number of aromatic hydroxyl groups is 1. The predicted octanol–water partition coefficient (Wildman–Crippen LogP) is 1.95. The molecule has 1 heterocycles. The third-order valence-corrected chi connectivity index (χ3v) is 2.58. The van der Waals surface area contributed by atoms with Gasteiger partial charge in [0.05, 0.1) is 0 Å². The molecule has 0 saturated heterocycles. The molecule has 1 aromatic carbocycles. The average Bonchev–Trinajstić information content (AvgIpc) is 2.41. The maximum absolute atomic E-state index is 9.16. The number of hydrogen-bond acceptors (Lipinski definition) is 4. The molecule has 0 aliphatic rings. The fraction of sp³-hybridized carbons (Fsp3) is 0.143. The Balaban J connectivity index is 1.93. The van der Waals surface area contributed by atoms with E-state index in [1.165, 1.54) is 0 Å². The van der Waals surface area contributed by atoms with Crippen molar-refractivity contribution < 1.29 is 5.11 Å². The number of phenolic OH excluding ortho intramolecular Hbond substituents is 1. The normalized spacial score (nSPS) is 9.94. The Morgan fingerprint density at radius 3 is 2.67 bits per heavy atom. The van der Waals surface area contributed by atoms with Gasteiger partial charge < -0.3 is 10.4 Å². The number of nitrogens with one attached hydrogen (secondary N) is 1. The van der Waals surface area contributed by atoms with Gasteiger partial charge in [0.2, 0.25) is 0 Å². The first-order chi connectivity index (χ1) is 8.79. The monoisotopic (exact) mass is 239 g/mol. The summed E-state index contributed by atoms with van der Waals surface area (Å²) in [6.07, 6.45) is 1.61. The highest BCUT2D eigenvalue weighted by Gasteiger charge is 2.01. The minimum Gasteiger partial charge on any atom is -0.508 e. The first-order valence-electron chi connectivity index (χ1n) is 5.62. The molecule has 2 aromatic rings. The Labute approximate surface area is 106 Å². The maximum Gasteiger partial charge on any atom is 0.144 e. The molecule has 0 bridgehead atoms. The summed E-state index contributed by atoms with van der Waals surface area (Å²) >= 11 is 0. The highest BCUT2D eigenvalue weighted by Crippen LogP contribution is 2.09. The van der Waals surface area contributed by atoms with E-state index in [0.717, 1.165) is 11.1 Å². The van der Waals surface area contributed by atoms with E-state index in [-0.39, 0.29) is 5.75 Å². The van der Waals surface area contributed by atoms with Gasteiger partial charge in [-0.2, -0.15) is 5.26 Å². The molecule has 18 heavy (non-hydrogen) atoms. The smallest absolute Gasteiger partial charge is 0.144 e. The van der Waals surface area contributed by atoms with Crippen molar-refractivity contribution >= 4 is 0 Å². The van der Waals surface area contributed by atoms with Crippen LogP contribution >= 0.6 is 0 Å². The van der Waals surface area contributed by atoms with Crippen LogP contribution in [0.1, 0.15) is 16.8 Å². The van der Waals surface area contributed by atoms with E-state index in [1.807, 2.05) is 24.3 Å². The van der Waals surface area contributed by atoms with E-state index in [9.17, 15) is 0 Å². The number of pyridine rings is 1. The lowest BCUT2D eigenvalue weighted by Crippen LogP contribution is -2.13. The van der Waals surface area contributed by atoms with Gasteiger partial charge in [-0.15, -0.1) is 0 Å². The molecule has 0 saturated carbocycles. The molecule has 0 aliphatic heterocycles. The molecule has 0 radical (unpaired) electrons. The van der Waals surface area contributed by atoms with Gasteiger partial charge in [-0.3, -0.25) is 0 Å². The second kappa shape index (κ2) is 5.80. The lowest BCUT2D eigenvalue weighted by molar-refractivity contribution is 0.475. The maximum atomic E-state index is 9.16. The summed E-state index contributed by atoms with van der Waals surface area (Å²) in [6, 6.07) is 12.8. The van der Waals surface area contributed by atoms with Crippen molar-refractivity contribution in [3.63, 3.8) is 0 Å². The summed E-state index contributed by atoms with van der Waals surface area (Å²) in [5.74, 6) is 0.262. The minimum atomic E-state index is 0.262. The molecular formula is C14H13N3O. The van der Waals surface area contributed by atoms with Gasteiger partial charge in [0.1, 0.15) is 17.5 Å². The summed E-state index contributed by atoms with van der Waals surface area (Å²) in [4.78, 5) is 4.00. The molecule has 0 aliphatic carbocycles. The Kier molecular flexibility index (Phi) is 3.90. The van der Waals surface area contributed by atoms with Gasteiger partial charge in [-0.25, -0.2) is 4.98 Å². The average molecular weight is 239 g/mol. The van der Waals surface area contributed by atoms with Gasteiger partial charge in [-0.05, 0) is 23.8 Å². The summed E-state index contributed by atoms with van der Waals surface area (Å²) in [6.45, 7) is 1.28. The summed E-state index contributed by atoms with van der Waals surface area (Å²) in [7, 11) is 0. The van der Waals surface area contributed by atoms with E-state index in [4.69, 9.17) is 10.4 Å². The number of aromatic nitrogens is 1. The van der Waals surface area contributed by atoms with Gasteiger partial charge in [-0.1, -0.05) is 18.2 Å². The van der Waals surface area contributed by atoms with Crippen LogP contribution in [0.2, 0.25) is 0 Å². The molecule has 0 spiro atoms. The van der Waals surface area contributed by atoms with Crippen LogP contribution in [0, 0.1) is 11.3 Å². The van der Waals surface area contributed by atoms with E-state index in [0.29, 0.717) is 18.8 Å². The zero-order valence-electron chi connectivity index (χ0n) is 9.80. The van der Waals surface area contributed by atoms with Crippen molar-refractivity contribution in [1.29, 1.82) is 5.26 Å². The van der Waals surface area contributed by atoms with Crippen LogP contribution in [-0.2, 0) is 13.1 Å². The van der Waals surface area contributed by atoms with E-state index < -0.39 is 0 Å². The van der Waals surface area contributed by atoms with Crippen molar-refractivity contribution in [2.75, 3.05) is 0 Å². The van der Waals surface area contributed by atoms with Crippen molar-refractivity contribution in [1.82, 2.24) is 10.3 Å². The number of phenols is 1. The molecule has 2 N–H and O–H groups in total. The molecule has 0 unspecified atom stereocenters. The lowest BCUT2D eigenvalue weighted by atomic mass is 10.2. The molecule has 2 rings (SSSR count). The van der Waals surface area contributed by atoms with Crippen molar-refractivity contribution in [2.45, 2.75) is 13.1 Å². The van der Waals surface area contributed by atoms with E-state index in [1.54, 1.807) is 18.3 Å². The van der Waals surface area contributed by atoms with Crippen molar-refractivity contribution in [2.24, 2.45) is 0 Å². The van der Waals surface area contributed by atoms with E-state index in [2.05, 4.69) is 16.4 Å². The second-order valence-corrected chi connectivity index (χ2v) is 3.89. The highest BCUT2D eigenvalue weighted by molar-refractivity contribution is 5.30. The lowest BCUT2D eigenvalue weighted by Gasteiger charge is -2.06. The minimum absolute atomic E-state index is 0.262. The topological polar surface area (TPSA) is 68.9 Å². The zero-order chi connectivity index (χ0) is 12.8. The number of hydrogen-bond donors (Lipinski definition) is 2. The molecule has 0 amide bonds. The molecule has 90 valence electrons. The fourth-order valence-electron chi connectivity index (χ4n) is 1.64. The van der Waals surface area contributed by atoms with Gasteiger partial charge in [0, 0.05) is 24.8 Å². The first-order valence-corrected chi connectivity index (χ1v) is 5.62. The van der Waals surface area contributed by atoms with Gasteiger partial charge in [0.25, 0.3) is 0 Å². The Morgan fingerprint density at radius 2 is 1.94 bits per heavy atom. The van der Waals surface area contributed by atoms with Crippen LogP contribution in [0.25, 0.3) is 0 Å². The quantitative estimate of drug-likeness (QED) is 0.855. The van der Waals surface area contributed by atoms with Crippen LogP contribution in [0.3, 0.4) is 0 Å². The first kappa shape index (κ1) is 12.1. The van der Waals surface area contributed by atoms with Crippen LogP contribution in [-0.4, -0.2) is 10.1 Å². The number of benzene rings is 1.